The van der Waals surface area contributed by atoms with E-state index in [2.05, 4.69) is 202 Å². The van der Waals surface area contributed by atoms with Crippen molar-refractivity contribution in [3.63, 3.8) is 0 Å². The van der Waals surface area contributed by atoms with E-state index >= 15 is 0 Å². The second kappa shape index (κ2) is 56.6. The summed E-state index contributed by atoms with van der Waals surface area (Å²) in [5.74, 6) is 11.3. The van der Waals surface area contributed by atoms with Gasteiger partial charge in [-0.3, -0.25) is 0 Å². The van der Waals surface area contributed by atoms with Crippen LogP contribution in [0.25, 0.3) is 0 Å². The molecule has 0 N–H and O–H groups in total. The molecule has 0 aromatic heterocycles. The summed E-state index contributed by atoms with van der Waals surface area (Å²) >= 11 is 0. The second-order valence-electron chi connectivity index (χ2n) is 35.6. The fourth-order valence-electron chi connectivity index (χ4n) is 21.0. The summed E-state index contributed by atoms with van der Waals surface area (Å²) in [7, 11) is 12.9. The zero-order chi connectivity index (χ0) is 84.8. The lowest BCUT2D eigenvalue weighted by atomic mass is 9.75. The molecule has 18 atom stereocenters. The number of methoxy groups -OCH3 is 7. The number of hydrogen-bond acceptors (Lipinski definition) is 10. The smallest absolute Gasteiger partial charge is 0.119 e. The molecule has 118 heavy (non-hydrogen) atoms. The first-order valence-corrected chi connectivity index (χ1v) is 47.6. The highest BCUT2D eigenvalue weighted by Crippen LogP contribution is 2.46. The fourth-order valence-corrected chi connectivity index (χ4v) is 21.0. The van der Waals surface area contributed by atoms with Crippen LogP contribution in [-0.2, 0) is 41.3 Å². The maximum absolute atomic E-state index is 8.86. The summed E-state index contributed by atoms with van der Waals surface area (Å²) in [5.41, 5.74) is 12.1. The average molecular weight is 1620 g/mol. The molecule has 6 aliphatic rings. The first-order valence-electron chi connectivity index (χ1n) is 47.6. The van der Waals surface area contributed by atoms with Crippen LogP contribution in [0.5, 0.6) is 17.2 Å². The summed E-state index contributed by atoms with van der Waals surface area (Å²) in [6.07, 6.45) is 45.5. The quantitative estimate of drug-likeness (QED) is 0.0395. The Balaban J connectivity index is 0.000000196. The topological polar surface area (TPSA) is 107 Å². The first-order chi connectivity index (χ1) is 57.7. The van der Waals surface area contributed by atoms with E-state index in [9.17, 15) is 0 Å². The minimum absolute atomic E-state index is 0.332. The van der Waals surface area contributed by atoms with Gasteiger partial charge in [0.2, 0.25) is 0 Å². The van der Waals surface area contributed by atoms with Gasteiger partial charge in [-0.25, -0.2) is 0 Å². The van der Waals surface area contributed by atoms with Gasteiger partial charge in [0.1, 0.15) is 17.2 Å². The standard InChI is InChI=1S/C19H30O2.C19H30O.C18H28O2.C18H28O.C17H23NO.C17H26O2/c1-4-6-15-7-12-18(19(14-15)20-3)16-8-10-17(11-9-16)21-13-5-2;1-4-6-15-8-11-17(12-9-15)18-13-10-16(7-5-2)14-19(18)20-3;1-4-6-14-7-12-17(18(13-14)19-3)15-8-10-16(11-9-15)20-5-2;1-4-6-15-9-12-17(18(13-15)19-3)16-10-7-14(5-2)8-11-16;1-3-4-13-7-10-16(17(11-13)19-2)15-8-5-14(12-18)6-9-15;1-4-5-13-6-11-16(17(12-13)19-3)14-7-9-15(18-2)10-8-14/h8-11,15,18-19H,4-7,12-14H2,1-3H3;8-9,11-12,16,18-19H,4-7,10,13-14H2,1-3H3;8-11,14,17-18H,4-7,12-13H2,1-3H3;7-8,10-11,15,17-18H,4-6,9,12-13H2,1-3H3;5-6,8-9,13,16-17H,3-4,7,10-11H2,1-2H3;7-10,13,16-17H,4-6,11-12H2,1-3H3. The van der Waals surface area contributed by atoms with Crippen molar-refractivity contribution >= 4 is 0 Å². The Kier molecular flexibility index (Phi) is 47.5. The third-order valence-corrected chi connectivity index (χ3v) is 27.6. The van der Waals surface area contributed by atoms with Crippen LogP contribution in [0.2, 0.25) is 0 Å². The van der Waals surface area contributed by atoms with Gasteiger partial charge in [0.25, 0.3) is 0 Å². The number of rotatable bonds is 33. The van der Waals surface area contributed by atoms with Gasteiger partial charge in [-0.15, -0.1) is 0 Å². The van der Waals surface area contributed by atoms with Crippen molar-refractivity contribution in [2.75, 3.05) is 63.0 Å². The van der Waals surface area contributed by atoms with Crippen molar-refractivity contribution in [1.29, 1.82) is 5.26 Å². The molecule has 0 spiro atoms. The zero-order valence-corrected chi connectivity index (χ0v) is 77.3. The maximum atomic E-state index is 8.86. The van der Waals surface area contributed by atoms with E-state index in [0.717, 1.165) is 84.4 Å². The Hall–Kier alpha value is -6.03. The van der Waals surface area contributed by atoms with Crippen molar-refractivity contribution < 1.29 is 42.6 Å². The van der Waals surface area contributed by atoms with Crippen molar-refractivity contribution in [3.05, 3.63) is 196 Å². The van der Waals surface area contributed by atoms with E-state index in [1.807, 2.05) is 61.7 Å². The van der Waals surface area contributed by atoms with E-state index in [-0.39, 0.29) is 0 Å². The lowest BCUT2D eigenvalue weighted by molar-refractivity contribution is 0.0306. The van der Waals surface area contributed by atoms with Crippen LogP contribution in [0, 0.1) is 46.8 Å². The van der Waals surface area contributed by atoms with Gasteiger partial charge in [0.05, 0.1) is 68.6 Å². The molecule has 0 radical (unpaired) electrons. The highest BCUT2D eigenvalue weighted by Gasteiger charge is 2.37. The van der Waals surface area contributed by atoms with Crippen LogP contribution in [0.3, 0.4) is 0 Å². The summed E-state index contributed by atoms with van der Waals surface area (Å²) < 4.78 is 51.1. The predicted octanol–water partition coefficient (Wildman–Crippen LogP) is 28.9. The molecule has 0 aliphatic heterocycles. The van der Waals surface area contributed by atoms with Gasteiger partial charge < -0.3 is 42.6 Å². The van der Waals surface area contributed by atoms with Crippen LogP contribution in [0.15, 0.2) is 146 Å². The molecule has 18 unspecified atom stereocenters. The third-order valence-electron chi connectivity index (χ3n) is 27.6. The van der Waals surface area contributed by atoms with E-state index in [0.29, 0.717) is 72.1 Å². The number of ether oxygens (including phenoxy) is 9. The van der Waals surface area contributed by atoms with Gasteiger partial charge in [-0.1, -0.05) is 243 Å². The lowest BCUT2D eigenvalue weighted by Gasteiger charge is -2.35. The van der Waals surface area contributed by atoms with Gasteiger partial charge in [-0.05, 0) is 270 Å². The zero-order valence-electron chi connectivity index (χ0n) is 77.3. The SMILES string of the molecule is CCCC1CCC(c2ccc(C#N)cc2)C(OC)C1.CCCC1CCC(c2ccc(CC)cc2)C(OC)C1.CCCC1CCC(c2ccc(OC)cc2)C(OC)C1.CCCC1CCC(c2ccc(OCC)cc2)C(OC)C1.CCCOc1ccc(C2CCC(CCC)CC2OC)cc1.CCCc1ccc(C2CCC(CCC)CC2OC)cc1. The molecule has 0 saturated heterocycles. The number of benzene rings is 6. The summed E-state index contributed by atoms with van der Waals surface area (Å²) in [4.78, 5) is 0. The van der Waals surface area contributed by atoms with Crippen LogP contribution in [0.1, 0.15) is 360 Å². The molecular formula is C108H165NO9. The average Bonchev–Trinajstić information content (AvgIpc) is 0.856. The lowest BCUT2D eigenvalue weighted by Crippen LogP contribution is -2.29. The van der Waals surface area contributed by atoms with Crippen LogP contribution < -0.4 is 14.2 Å². The molecular weight excluding hydrogens is 1460 g/mol. The Bertz CT molecular complexity index is 3400. The van der Waals surface area contributed by atoms with Crippen molar-refractivity contribution in [2.45, 2.75) is 360 Å². The van der Waals surface area contributed by atoms with Crippen molar-refractivity contribution in [2.24, 2.45) is 35.5 Å². The van der Waals surface area contributed by atoms with Crippen LogP contribution >= 0.6 is 0 Å². The Morgan fingerprint density at radius 3 is 0.737 bits per heavy atom. The summed E-state index contributed by atoms with van der Waals surface area (Å²) in [6, 6.07) is 54.4. The highest BCUT2D eigenvalue weighted by atomic mass is 16.5. The fraction of sp³-hybridized carbons (Fsp3) is 0.657. The molecule has 10 nitrogen and oxygen atoms in total. The Labute approximate surface area is 720 Å². The van der Waals surface area contributed by atoms with Gasteiger partial charge >= 0.3 is 0 Å². The third kappa shape index (κ3) is 32.0. The van der Waals surface area contributed by atoms with E-state index < -0.39 is 0 Å². The maximum Gasteiger partial charge on any atom is 0.119 e. The summed E-state index contributed by atoms with van der Waals surface area (Å²) in [6.45, 7) is 23.8. The predicted molar refractivity (Wildman–Crippen MR) is 495 cm³/mol. The molecule has 656 valence electrons. The van der Waals surface area contributed by atoms with E-state index in [4.69, 9.17) is 47.9 Å². The Morgan fingerprint density at radius 2 is 0.517 bits per heavy atom. The number of nitriles is 1. The molecule has 6 aromatic rings. The van der Waals surface area contributed by atoms with Crippen molar-refractivity contribution in [1.82, 2.24) is 0 Å². The van der Waals surface area contributed by atoms with Crippen LogP contribution in [0.4, 0.5) is 0 Å². The summed E-state index contributed by atoms with van der Waals surface area (Å²) in [5, 5.41) is 8.86. The molecule has 6 saturated carbocycles. The number of aryl methyl sites for hydroxylation is 2. The molecule has 6 fully saturated rings. The van der Waals surface area contributed by atoms with Gasteiger partial charge in [0, 0.05) is 78.2 Å². The van der Waals surface area contributed by atoms with Crippen molar-refractivity contribution in [3.8, 4) is 23.3 Å². The second-order valence-corrected chi connectivity index (χ2v) is 35.6. The van der Waals surface area contributed by atoms with E-state index in [1.165, 1.54) is 250 Å². The molecule has 0 heterocycles. The number of nitrogens with zero attached hydrogens (tertiary/aromatic N) is 1. The van der Waals surface area contributed by atoms with Gasteiger partial charge in [-0.2, -0.15) is 5.26 Å². The van der Waals surface area contributed by atoms with Crippen LogP contribution in [-0.4, -0.2) is 99.6 Å². The molecule has 6 aliphatic carbocycles. The molecule has 12 rings (SSSR count). The first kappa shape index (κ1) is 99.1. The molecule has 6 aromatic carbocycles. The highest BCUT2D eigenvalue weighted by molar-refractivity contribution is 5.36. The normalized spacial score (nSPS) is 26.7. The minimum atomic E-state index is 0.332. The molecule has 0 bridgehead atoms. The molecule has 0 amide bonds. The van der Waals surface area contributed by atoms with E-state index in [1.54, 1.807) is 7.11 Å². The minimum Gasteiger partial charge on any atom is -0.497 e. The monoisotopic (exact) mass is 1620 g/mol. The molecule has 10 heteroatoms. The number of hydrogen-bond donors (Lipinski definition) is 0. The Morgan fingerprint density at radius 1 is 0.271 bits per heavy atom. The van der Waals surface area contributed by atoms with Gasteiger partial charge in [0.15, 0.2) is 0 Å². The largest absolute Gasteiger partial charge is 0.497 e.